The average molecular weight is 634 g/mol. The fourth-order valence-corrected chi connectivity index (χ4v) is 10.2. The summed E-state index contributed by atoms with van der Waals surface area (Å²) in [5.41, 5.74) is 5.35. The monoisotopic (exact) mass is 633 g/mol. The molecule has 0 spiro atoms. The van der Waals surface area contributed by atoms with Gasteiger partial charge in [0.25, 0.3) is 0 Å². The number of benzene rings is 3. The van der Waals surface area contributed by atoms with Crippen molar-refractivity contribution in [1.82, 2.24) is 4.90 Å². The van der Waals surface area contributed by atoms with E-state index in [4.69, 9.17) is 4.74 Å². The van der Waals surface area contributed by atoms with E-state index >= 15 is 0 Å². The third-order valence-electron chi connectivity index (χ3n) is 8.47. The number of ether oxygens (including phenoxy) is 1. The van der Waals surface area contributed by atoms with E-state index in [1.807, 2.05) is 73.0 Å². The van der Waals surface area contributed by atoms with E-state index < -0.39 is 33.1 Å². The molecule has 3 aromatic carbocycles. The van der Waals surface area contributed by atoms with Crippen molar-refractivity contribution < 1.29 is 27.9 Å². The van der Waals surface area contributed by atoms with Crippen LogP contribution >= 0.6 is 23.1 Å². The van der Waals surface area contributed by atoms with Gasteiger partial charge in [0.05, 0.1) is 12.2 Å². The summed E-state index contributed by atoms with van der Waals surface area (Å²) in [4.78, 5) is 29.3. The number of hydrogen-bond donors (Lipinski definition) is 1. The smallest absolute Gasteiger partial charge is 0.409 e. The van der Waals surface area contributed by atoms with Crippen LogP contribution < -0.4 is 0 Å². The summed E-state index contributed by atoms with van der Waals surface area (Å²) < 4.78 is 31.9. The number of carbonyl (C=O) groups excluding carboxylic acids is 1. The summed E-state index contributed by atoms with van der Waals surface area (Å²) in [5, 5.41) is 9.87. The van der Waals surface area contributed by atoms with Gasteiger partial charge in [0.2, 0.25) is 0 Å². The zero-order valence-corrected chi connectivity index (χ0v) is 26.0. The number of rotatable bonds is 7. The average Bonchev–Trinajstić information content (AvgIpc) is 3.59. The Labute approximate surface area is 259 Å². The summed E-state index contributed by atoms with van der Waals surface area (Å²) in [6, 6.07) is 27.7. The van der Waals surface area contributed by atoms with Gasteiger partial charge in [-0.15, -0.1) is 23.1 Å². The van der Waals surface area contributed by atoms with Gasteiger partial charge in [-0.1, -0.05) is 60.7 Å². The van der Waals surface area contributed by atoms with Crippen LogP contribution in [-0.2, 0) is 24.1 Å². The molecule has 1 atom stereocenters. The molecule has 1 aromatic heterocycles. The second kappa shape index (κ2) is 11.8. The lowest BCUT2D eigenvalue weighted by Crippen LogP contribution is -2.39. The minimum Gasteiger partial charge on any atom is -0.481 e. The molecule has 0 bridgehead atoms. The number of aliphatic carboxylic acids is 1. The molecule has 222 valence electrons. The second-order valence-electron chi connectivity index (χ2n) is 10.8. The molecule has 1 aliphatic carbocycles. The summed E-state index contributed by atoms with van der Waals surface area (Å²) >= 11 is 2.93. The highest BCUT2D eigenvalue weighted by Gasteiger charge is 2.50. The van der Waals surface area contributed by atoms with E-state index in [2.05, 4.69) is 12.1 Å². The Balaban J connectivity index is 1.22. The van der Waals surface area contributed by atoms with E-state index in [9.17, 15) is 23.1 Å². The molecule has 1 aliphatic heterocycles. The van der Waals surface area contributed by atoms with Gasteiger partial charge in [0.1, 0.15) is 11.4 Å². The Hall–Kier alpha value is -3.60. The first-order valence-electron chi connectivity index (χ1n) is 14.0. The number of fused-ring (bicyclic) bond motifs is 3. The zero-order chi connectivity index (χ0) is 30.2. The molecular formula is C33H31NO6S3. The first kappa shape index (κ1) is 29.5. The Morgan fingerprint density at radius 3 is 2.23 bits per heavy atom. The molecular weight excluding hydrogens is 603 g/mol. The van der Waals surface area contributed by atoms with Crippen LogP contribution in [0.3, 0.4) is 0 Å². The maximum absolute atomic E-state index is 13.9. The number of hydrogen-bond acceptors (Lipinski definition) is 7. The molecule has 0 saturated carbocycles. The number of thioether (sulfide) groups is 1. The number of carboxylic acids is 1. The number of thiophene rings is 1. The molecule has 1 saturated heterocycles. The fourth-order valence-electron chi connectivity index (χ4n) is 6.18. The van der Waals surface area contributed by atoms with Crippen LogP contribution in [0.4, 0.5) is 4.79 Å². The third-order valence-corrected chi connectivity index (χ3v) is 13.2. The maximum Gasteiger partial charge on any atom is 0.409 e. The molecule has 1 N–H and O–H groups in total. The Morgan fingerprint density at radius 1 is 0.953 bits per heavy atom. The van der Waals surface area contributed by atoms with E-state index in [0.29, 0.717) is 4.88 Å². The third kappa shape index (κ3) is 5.47. The second-order valence-corrected chi connectivity index (χ2v) is 15.2. The molecule has 4 aromatic rings. The van der Waals surface area contributed by atoms with Crippen molar-refractivity contribution in [2.75, 3.05) is 31.7 Å². The van der Waals surface area contributed by atoms with E-state index in [0.717, 1.165) is 37.6 Å². The molecule has 1 amide bonds. The Bertz CT molecular complexity index is 1740. The highest BCUT2D eigenvalue weighted by molar-refractivity contribution is 7.98. The quantitative estimate of drug-likeness (QED) is 0.222. The normalized spacial score (nSPS) is 19.3. The summed E-state index contributed by atoms with van der Waals surface area (Å²) in [7, 11) is -3.95. The van der Waals surface area contributed by atoms with Gasteiger partial charge in [0.15, 0.2) is 9.84 Å². The summed E-state index contributed by atoms with van der Waals surface area (Å²) in [6.45, 7) is 0.133. The highest BCUT2D eigenvalue weighted by Crippen LogP contribution is 2.46. The molecule has 7 nitrogen and oxygen atoms in total. The number of nitrogens with zero attached hydrogens (tertiary/aromatic N) is 1. The summed E-state index contributed by atoms with van der Waals surface area (Å²) in [6.07, 6.45) is 0.802. The van der Waals surface area contributed by atoms with Crippen molar-refractivity contribution in [1.29, 1.82) is 0 Å². The van der Waals surface area contributed by atoms with Crippen molar-refractivity contribution in [2.45, 2.75) is 28.4 Å². The van der Waals surface area contributed by atoms with Crippen LogP contribution in [0.2, 0.25) is 0 Å². The van der Waals surface area contributed by atoms with Crippen molar-refractivity contribution in [3.8, 4) is 21.6 Å². The number of carboxylic acid groups (broad SMARTS) is 1. The lowest BCUT2D eigenvalue weighted by molar-refractivity contribution is -0.137. The molecule has 10 heteroatoms. The molecule has 43 heavy (non-hydrogen) atoms. The lowest BCUT2D eigenvalue weighted by atomic mass is 9.97. The molecule has 0 radical (unpaired) electrons. The van der Waals surface area contributed by atoms with Gasteiger partial charge in [-0.05, 0) is 64.8 Å². The number of carbonyl (C=O) groups is 2. The lowest BCUT2D eigenvalue weighted by Gasteiger charge is -2.29. The predicted octanol–water partition coefficient (Wildman–Crippen LogP) is 6.88. The van der Waals surface area contributed by atoms with Crippen LogP contribution in [-0.4, -0.2) is 62.2 Å². The molecule has 2 heterocycles. The maximum atomic E-state index is 13.9. The number of amides is 1. The van der Waals surface area contributed by atoms with Crippen molar-refractivity contribution in [3.05, 3.63) is 101 Å². The Kier molecular flexibility index (Phi) is 8.10. The molecule has 1 unspecified atom stereocenters. The van der Waals surface area contributed by atoms with Gasteiger partial charge >= 0.3 is 12.1 Å². The van der Waals surface area contributed by atoms with Crippen molar-refractivity contribution in [3.63, 3.8) is 0 Å². The first-order valence-corrected chi connectivity index (χ1v) is 17.7. The van der Waals surface area contributed by atoms with E-state index in [1.54, 1.807) is 17.8 Å². The number of sulfone groups is 1. The Morgan fingerprint density at radius 2 is 1.60 bits per heavy atom. The van der Waals surface area contributed by atoms with Crippen LogP contribution in [0.1, 0.15) is 34.8 Å². The topological polar surface area (TPSA) is 101 Å². The van der Waals surface area contributed by atoms with Crippen LogP contribution in [0.5, 0.6) is 0 Å². The molecule has 6 rings (SSSR count). The van der Waals surface area contributed by atoms with E-state index in [1.165, 1.54) is 16.2 Å². The van der Waals surface area contributed by atoms with Crippen molar-refractivity contribution >= 4 is 45.0 Å². The van der Waals surface area contributed by atoms with Gasteiger partial charge in [-0.3, -0.25) is 4.79 Å². The standard InChI is InChI=1S/C33H31NO6S3/c1-41-23-12-10-22(11-13-23)29-14-15-30(42-29)33(20-31(35)36)16-17-34(18-19-43(33,38)39)32(37)40-21-28-26-8-4-2-6-24(26)25-7-3-5-9-27(25)28/h2-15,28H,16-21H2,1H3,(H,35,36). The van der Waals surface area contributed by atoms with Crippen molar-refractivity contribution in [2.24, 2.45) is 0 Å². The van der Waals surface area contributed by atoms with Gasteiger partial charge in [0, 0.05) is 33.7 Å². The predicted molar refractivity (Wildman–Crippen MR) is 171 cm³/mol. The zero-order valence-electron chi connectivity index (χ0n) is 23.6. The summed E-state index contributed by atoms with van der Waals surface area (Å²) in [5.74, 6) is -1.66. The fraction of sp³-hybridized carbons (Fsp3) is 0.273. The minimum absolute atomic E-state index is 0.0306. The first-order chi connectivity index (χ1) is 20.7. The SMILES string of the molecule is CSc1ccc(-c2ccc(C3(CC(=O)O)CCN(C(=O)OCC4c5ccccc5-c5ccccc54)CCS3(=O)=O)s2)cc1. The minimum atomic E-state index is -3.95. The van der Waals surface area contributed by atoms with Gasteiger partial charge < -0.3 is 14.7 Å². The van der Waals surface area contributed by atoms with Crippen LogP contribution in [0.25, 0.3) is 21.6 Å². The van der Waals surface area contributed by atoms with Gasteiger partial charge in [-0.2, -0.15) is 0 Å². The molecule has 1 fully saturated rings. The highest BCUT2D eigenvalue weighted by atomic mass is 32.2. The van der Waals surface area contributed by atoms with E-state index in [-0.39, 0.29) is 37.8 Å². The largest absolute Gasteiger partial charge is 0.481 e. The van der Waals surface area contributed by atoms with Crippen LogP contribution in [0.15, 0.2) is 89.8 Å². The molecule has 2 aliphatic rings. The van der Waals surface area contributed by atoms with Crippen LogP contribution in [0, 0.1) is 0 Å². The van der Waals surface area contributed by atoms with Gasteiger partial charge in [-0.25, -0.2) is 13.2 Å².